The van der Waals surface area contributed by atoms with Gasteiger partial charge < -0.3 is 0 Å². The molecule has 0 spiro atoms. The minimum absolute atomic E-state index is 0.754. The van der Waals surface area contributed by atoms with Crippen molar-refractivity contribution in [2.24, 2.45) is 0 Å². The second-order valence-corrected chi connectivity index (χ2v) is 4.39. The molecule has 68 valence electrons. The van der Waals surface area contributed by atoms with Gasteiger partial charge in [-0.25, -0.2) is 0 Å². The fraction of sp³-hybridized carbons (Fsp3) is 0.100. The standard InChI is InChI=1S/C10H9ClS2/c1-13-10(12)7-4-8-2-5-9(11)6-3-8/h2-7H,1H3/b7-4+. The van der Waals surface area contributed by atoms with E-state index >= 15 is 0 Å². The maximum absolute atomic E-state index is 5.75. The molecule has 0 heterocycles. The van der Waals surface area contributed by atoms with Crippen LogP contribution < -0.4 is 0 Å². The van der Waals surface area contributed by atoms with Crippen molar-refractivity contribution in [1.29, 1.82) is 0 Å². The van der Waals surface area contributed by atoms with Crippen LogP contribution >= 0.6 is 35.6 Å². The zero-order chi connectivity index (χ0) is 9.68. The van der Waals surface area contributed by atoms with E-state index in [1.165, 1.54) is 0 Å². The van der Waals surface area contributed by atoms with E-state index in [0.717, 1.165) is 14.8 Å². The summed E-state index contributed by atoms with van der Waals surface area (Å²) >= 11 is 12.3. The molecule has 1 rings (SSSR count). The van der Waals surface area contributed by atoms with Crippen molar-refractivity contribution in [2.45, 2.75) is 0 Å². The number of hydrogen-bond acceptors (Lipinski definition) is 2. The summed E-state index contributed by atoms with van der Waals surface area (Å²) < 4.78 is 0.884. The molecule has 0 radical (unpaired) electrons. The van der Waals surface area contributed by atoms with Crippen LogP contribution in [0.15, 0.2) is 30.3 Å². The largest absolute Gasteiger partial charge is 0.118 e. The molecule has 0 atom stereocenters. The topological polar surface area (TPSA) is 0 Å². The van der Waals surface area contributed by atoms with Crippen LogP contribution in [0.5, 0.6) is 0 Å². The summed E-state index contributed by atoms with van der Waals surface area (Å²) in [5.41, 5.74) is 1.11. The normalized spacial score (nSPS) is 10.6. The molecule has 0 aliphatic heterocycles. The molecule has 13 heavy (non-hydrogen) atoms. The van der Waals surface area contributed by atoms with Crippen LogP contribution in [0.2, 0.25) is 5.02 Å². The molecular formula is C10H9ClS2. The minimum Gasteiger partial charge on any atom is -0.118 e. The van der Waals surface area contributed by atoms with Crippen molar-refractivity contribution >= 4 is 45.9 Å². The van der Waals surface area contributed by atoms with Gasteiger partial charge in [0.05, 0.1) is 4.20 Å². The first-order chi connectivity index (χ1) is 6.22. The Bertz CT molecular complexity index is 314. The zero-order valence-corrected chi connectivity index (χ0v) is 9.55. The van der Waals surface area contributed by atoms with Crippen LogP contribution in [-0.2, 0) is 0 Å². The molecule has 0 N–H and O–H groups in total. The lowest BCUT2D eigenvalue weighted by atomic mass is 10.2. The van der Waals surface area contributed by atoms with Crippen molar-refractivity contribution in [2.75, 3.05) is 6.26 Å². The average molecular weight is 229 g/mol. The summed E-state index contributed by atoms with van der Waals surface area (Å²) in [7, 11) is 0. The predicted molar refractivity (Wildman–Crippen MR) is 66.6 cm³/mol. The highest BCUT2D eigenvalue weighted by atomic mass is 35.5. The Hall–Kier alpha value is -0.310. The predicted octanol–water partition coefficient (Wildman–Crippen LogP) is 4.04. The Balaban J connectivity index is 2.69. The first-order valence-corrected chi connectivity index (χ1v) is 5.75. The third-order valence-electron chi connectivity index (χ3n) is 1.48. The number of benzene rings is 1. The molecule has 1 aromatic carbocycles. The van der Waals surface area contributed by atoms with Crippen molar-refractivity contribution in [3.63, 3.8) is 0 Å². The van der Waals surface area contributed by atoms with Gasteiger partial charge in [0.1, 0.15) is 0 Å². The number of halogens is 1. The molecular weight excluding hydrogens is 220 g/mol. The van der Waals surface area contributed by atoms with E-state index < -0.39 is 0 Å². The zero-order valence-electron chi connectivity index (χ0n) is 7.16. The fourth-order valence-electron chi connectivity index (χ4n) is 0.806. The van der Waals surface area contributed by atoms with Crippen molar-refractivity contribution in [3.05, 3.63) is 40.9 Å². The number of thiocarbonyl (C=S) groups is 1. The van der Waals surface area contributed by atoms with E-state index in [4.69, 9.17) is 23.8 Å². The van der Waals surface area contributed by atoms with Gasteiger partial charge in [-0.3, -0.25) is 0 Å². The molecule has 0 nitrogen and oxygen atoms in total. The molecule has 0 fully saturated rings. The Kier molecular flexibility index (Phi) is 4.50. The van der Waals surface area contributed by atoms with Crippen LogP contribution in [0.25, 0.3) is 6.08 Å². The molecule has 3 heteroatoms. The van der Waals surface area contributed by atoms with E-state index in [9.17, 15) is 0 Å². The van der Waals surface area contributed by atoms with Crippen LogP contribution in [0.1, 0.15) is 5.56 Å². The van der Waals surface area contributed by atoms with Crippen LogP contribution in [-0.4, -0.2) is 10.5 Å². The van der Waals surface area contributed by atoms with Crippen molar-refractivity contribution < 1.29 is 0 Å². The number of thioether (sulfide) groups is 1. The molecule has 0 saturated heterocycles. The monoisotopic (exact) mass is 228 g/mol. The van der Waals surface area contributed by atoms with Gasteiger partial charge >= 0.3 is 0 Å². The van der Waals surface area contributed by atoms with Gasteiger partial charge in [-0.05, 0) is 30.0 Å². The van der Waals surface area contributed by atoms with Crippen molar-refractivity contribution in [1.82, 2.24) is 0 Å². The van der Waals surface area contributed by atoms with Gasteiger partial charge in [-0.1, -0.05) is 42.0 Å². The minimum atomic E-state index is 0.754. The first kappa shape index (κ1) is 10.8. The van der Waals surface area contributed by atoms with E-state index in [2.05, 4.69) is 0 Å². The summed E-state index contributed by atoms with van der Waals surface area (Å²) in [6.45, 7) is 0. The summed E-state index contributed by atoms with van der Waals surface area (Å²) in [6, 6.07) is 7.65. The third kappa shape index (κ3) is 3.94. The van der Waals surface area contributed by atoms with Gasteiger partial charge in [-0.2, -0.15) is 0 Å². The van der Waals surface area contributed by atoms with E-state index in [-0.39, 0.29) is 0 Å². The smallest absolute Gasteiger partial charge is 0.0703 e. The lowest BCUT2D eigenvalue weighted by Gasteiger charge is -1.93. The quantitative estimate of drug-likeness (QED) is 0.554. The average Bonchev–Trinajstić information content (AvgIpc) is 2.16. The van der Waals surface area contributed by atoms with Gasteiger partial charge in [0.2, 0.25) is 0 Å². The second-order valence-electron chi connectivity index (χ2n) is 2.41. The van der Waals surface area contributed by atoms with E-state index in [1.807, 2.05) is 42.7 Å². The fourth-order valence-corrected chi connectivity index (χ4v) is 1.20. The van der Waals surface area contributed by atoms with Crippen LogP contribution in [0.4, 0.5) is 0 Å². The highest BCUT2D eigenvalue weighted by Crippen LogP contribution is 2.11. The van der Waals surface area contributed by atoms with Gasteiger partial charge in [0, 0.05) is 5.02 Å². The molecule has 0 bridgehead atoms. The third-order valence-corrected chi connectivity index (χ3v) is 2.91. The van der Waals surface area contributed by atoms with Crippen molar-refractivity contribution in [3.8, 4) is 0 Å². The SMILES string of the molecule is CSC(=S)/C=C/c1ccc(Cl)cc1. The Morgan fingerprint density at radius 3 is 2.54 bits per heavy atom. The van der Waals surface area contributed by atoms with Gasteiger partial charge in [0.15, 0.2) is 0 Å². The second kappa shape index (κ2) is 5.43. The Labute approximate surface area is 93.0 Å². The summed E-state index contributed by atoms with van der Waals surface area (Å²) in [6.07, 6.45) is 5.87. The lowest BCUT2D eigenvalue weighted by Crippen LogP contribution is -1.77. The molecule has 0 aromatic heterocycles. The molecule has 1 aromatic rings. The molecule has 0 saturated carbocycles. The first-order valence-electron chi connectivity index (χ1n) is 3.74. The van der Waals surface area contributed by atoms with Crippen LogP contribution in [0, 0.1) is 0 Å². The Morgan fingerprint density at radius 2 is 2.00 bits per heavy atom. The molecule has 0 amide bonds. The lowest BCUT2D eigenvalue weighted by molar-refractivity contribution is 1.66. The highest BCUT2D eigenvalue weighted by molar-refractivity contribution is 8.23. The number of rotatable bonds is 2. The van der Waals surface area contributed by atoms with E-state index in [0.29, 0.717) is 0 Å². The molecule has 0 aliphatic rings. The molecule has 0 aliphatic carbocycles. The van der Waals surface area contributed by atoms with Gasteiger partial charge in [0.25, 0.3) is 0 Å². The summed E-state index contributed by atoms with van der Waals surface area (Å²) in [5.74, 6) is 0. The summed E-state index contributed by atoms with van der Waals surface area (Å²) in [4.78, 5) is 0. The van der Waals surface area contributed by atoms with E-state index in [1.54, 1.807) is 11.8 Å². The maximum Gasteiger partial charge on any atom is 0.0703 e. The number of hydrogen-bond donors (Lipinski definition) is 0. The van der Waals surface area contributed by atoms with Gasteiger partial charge in [-0.15, -0.1) is 11.8 Å². The molecule has 0 unspecified atom stereocenters. The van der Waals surface area contributed by atoms with Crippen LogP contribution in [0.3, 0.4) is 0 Å². The maximum atomic E-state index is 5.75. The summed E-state index contributed by atoms with van der Waals surface area (Å²) in [5, 5.41) is 0.754. The Morgan fingerprint density at radius 1 is 1.38 bits per heavy atom. The highest BCUT2D eigenvalue weighted by Gasteiger charge is 1.88.